The number of nitrogens with zero attached hydrogens (tertiary/aromatic N) is 3. The minimum absolute atomic E-state index is 0.0738. The fourth-order valence-corrected chi connectivity index (χ4v) is 1.35. The predicted molar refractivity (Wildman–Crippen MR) is 61.6 cm³/mol. The van der Waals surface area contributed by atoms with Gasteiger partial charge in [0.15, 0.2) is 5.56 Å². The number of esters is 1. The van der Waals surface area contributed by atoms with Gasteiger partial charge in [-0.1, -0.05) is 6.92 Å². The molecule has 0 saturated heterocycles. The van der Waals surface area contributed by atoms with Gasteiger partial charge in [-0.2, -0.15) is 4.68 Å². The van der Waals surface area contributed by atoms with Crippen LogP contribution in [-0.2, 0) is 16.1 Å². The van der Waals surface area contributed by atoms with Crippen molar-refractivity contribution in [2.45, 2.75) is 20.4 Å². The van der Waals surface area contributed by atoms with Crippen LogP contribution in [0.5, 0.6) is 0 Å². The number of hydrogen-bond donors (Lipinski definition) is 1. The number of aliphatic carboxylic acids is 1. The van der Waals surface area contributed by atoms with Gasteiger partial charge in [-0.3, -0.25) is 4.79 Å². The van der Waals surface area contributed by atoms with Gasteiger partial charge in [0.05, 0.1) is 30.4 Å². The van der Waals surface area contributed by atoms with Crippen molar-refractivity contribution in [3.63, 3.8) is 0 Å². The Morgan fingerprint density at radius 1 is 1.63 bits per heavy atom. The Morgan fingerprint density at radius 3 is 2.74 bits per heavy atom. The Bertz CT molecular complexity index is 509. The van der Waals surface area contributed by atoms with Gasteiger partial charge in [0.2, 0.25) is 0 Å². The van der Waals surface area contributed by atoms with Crippen LogP contribution in [0.1, 0.15) is 24.2 Å². The first-order valence-electron chi connectivity index (χ1n) is 5.48. The predicted octanol–water partition coefficient (Wildman–Crippen LogP) is 0.689. The second-order valence-electron chi connectivity index (χ2n) is 3.81. The second kappa shape index (κ2) is 5.94. The number of nitro groups is 1. The first kappa shape index (κ1) is 14.6. The largest absolute Gasteiger partial charge is 0.481 e. The summed E-state index contributed by atoms with van der Waals surface area (Å²) in [7, 11) is 0. The molecule has 0 aromatic carbocycles. The molecule has 0 saturated carbocycles. The number of aromatic nitrogens is 2. The molecule has 1 aromatic rings. The van der Waals surface area contributed by atoms with E-state index in [2.05, 4.69) is 9.84 Å². The summed E-state index contributed by atoms with van der Waals surface area (Å²) in [6, 6.07) is 0. The highest BCUT2D eigenvalue weighted by Crippen LogP contribution is 2.17. The summed E-state index contributed by atoms with van der Waals surface area (Å²) in [5, 5.41) is 23.1. The van der Waals surface area contributed by atoms with Crippen molar-refractivity contribution >= 4 is 17.8 Å². The third kappa shape index (κ3) is 3.50. The molecular weight excluding hydrogens is 258 g/mol. The van der Waals surface area contributed by atoms with E-state index in [9.17, 15) is 19.7 Å². The van der Waals surface area contributed by atoms with Gasteiger partial charge in [0, 0.05) is 0 Å². The summed E-state index contributed by atoms with van der Waals surface area (Å²) < 4.78 is 5.73. The maximum Gasteiger partial charge on any atom is 0.404 e. The first-order valence-corrected chi connectivity index (χ1v) is 5.48. The van der Waals surface area contributed by atoms with Crippen LogP contribution in [0.4, 0.5) is 5.82 Å². The zero-order valence-electron chi connectivity index (χ0n) is 10.4. The summed E-state index contributed by atoms with van der Waals surface area (Å²) in [6.07, 6.45) is 1.12. The van der Waals surface area contributed by atoms with Gasteiger partial charge < -0.3 is 20.0 Å². The highest BCUT2D eigenvalue weighted by molar-refractivity contribution is 5.92. The van der Waals surface area contributed by atoms with Gasteiger partial charge >= 0.3 is 17.8 Å². The van der Waals surface area contributed by atoms with Gasteiger partial charge in [-0.25, -0.2) is 4.79 Å². The highest BCUT2D eigenvalue weighted by Gasteiger charge is 2.28. The Kier molecular flexibility index (Phi) is 4.56. The fraction of sp³-hybridized carbons (Fsp3) is 0.500. The van der Waals surface area contributed by atoms with Crippen molar-refractivity contribution < 1.29 is 24.4 Å². The Labute approximate surface area is 107 Å². The molecule has 0 spiro atoms. The molecule has 0 radical (unpaired) electrons. The van der Waals surface area contributed by atoms with E-state index in [0.717, 1.165) is 10.9 Å². The maximum absolute atomic E-state index is 11.5. The third-order valence-electron chi connectivity index (χ3n) is 2.29. The summed E-state index contributed by atoms with van der Waals surface area (Å²) in [6.45, 7) is 3.00. The summed E-state index contributed by atoms with van der Waals surface area (Å²) in [4.78, 5) is 32.2. The Hall–Kier alpha value is -2.45. The van der Waals surface area contributed by atoms with E-state index < -0.39 is 28.6 Å². The molecule has 0 aliphatic carbocycles. The van der Waals surface area contributed by atoms with Crippen molar-refractivity contribution in [3.05, 3.63) is 21.9 Å². The van der Waals surface area contributed by atoms with Crippen LogP contribution in [0.25, 0.3) is 0 Å². The number of hydrogen-bond acceptors (Lipinski definition) is 6. The number of rotatable bonds is 6. The average Bonchev–Trinajstić information content (AvgIpc) is 2.73. The number of ether oxygens (including phenoxy) is 1. The zero-order chi connectivity index (χ0) is 14.6. The molecule has 9 heteroatoms. The molecule has 1 N–H and O–H groups in total. The fourth-order valence-electron chi connectivity index (χ4n) is 1.35. The van der Waals surface area contributed by atoms with Crippen molar-refractivity contribution in [3.8, 4) is 0 Å². The normalized spacial score (nSPS) is 11.9. The van der Waals surface area contributed by atoms with Crippen LogP contribution in [0, 0.1) is 16.0 Å². The lowest BCUT2D eigenvalue weighted by Gasteiger charge is -2.01. The molecule has 19 heavy (non-hydrogen) atoms. The van der Waals surface area contributed by atoms with E-state index in [0.29, 0.717) is 0 Å². The molecule has 0 unspecified atom stereocenters. The van der Waals surface area contributed by atoms with Crippen molar-refractivity contribution in [1.29, 1.82) is 0 Å². The quantitative estimate of drug-likeness (QED) is 0.458. The van der Waals surface area contributed by atoms with Crippen LogP contribution in [0.3, 0.4) is 0 Å². The number of carbonyl (C=O) groups excluding carboxylic acids is 1. The zero-order valence-corrected chi connectivity index (χ0v) is 10.4. The standard InChI is InChI=1S/C10H13N3O6/c1-3-19-10(16)7-5-12(4-6(2)9(14)15)11-8(7)13(17)18/h5-6H,3-4H2,1-2H3,(H,14,15)/t6-/m1/s1. The molecule has 1 aromatic heterocycles. The molecular formula is C10H13N3O6. The molecule has 0 aliphatic heterocycles. The molecule has 1 atom stereocenters. The van der Waals surface area contributed by atoms with Crippen LogP contribution in [-0.4, -0.2) is 38.4 Å². The third-order valence-corrected chi connectivity index (χ3v) is 2.29. The minimum atomic E-state index is -1.06. The van der Waals surface area contributed by atoms with E-state index in [1.807, 2.05) is 0 Å². The molecule has 0 bridgehead atoms. The summed E-state index contributed by atoms with van der Waals surface area (Å²) in [5.74, 6) is -3.34. The van der Waals surface area contributed by atoms with E-state index >= 15 is 0 Å². The molecule has 0 fully saturated rings. The first-order chi connectivity index (χ1) is 8.86. The van der Waals surface area contributed by atoms with E-state index in [-0.39, 0.29) is 18.7 Å². The van der Waals surface area contributed by atoms with Crippen LogP contribution in [0.15, 0.2) is 6.20 Å². The number of carbonyl (C=O) groups is 2. The van der Waals surface area contributed by atoms with Crippen molar-refractivity contribution in [2.24, 2.45) is 5.92 Å². The average molecular weight is 271 g/mol. The molecule has 104 valence electrons. The molecule has 0 amide bonds. The lowest BCUT2D eigenvalue weighted by molar-refractivity contribution is -0.390. The van der Waals surface area contributed by atoms with Gasteiger partial charge in [0.25, 0.3) is 0 Å². The topological polar surface area (TPSA) is 125 Å². The van der Waals surface area contributed by atoms with Crippen LogP contribution >= 0.6 is 0 Å². The Balaban J connectivity index is 3.04. The lowest BCUT2D eigenvalue weighted by atomic mass is 10.2. The lowest BCUT2D eigenvalue weighted by Crippen LogP contribution is -2.17. The van der Waals surface area contributed by atoms with Gasteiger partial charge in [-0.05, 0) is 11.8 Å². The summed E-state index contributed by atoms with van der Waals surface area (Å²) >= 11 is 0. The van der Waals surface area contributed by atoms with Gasteiger partial charge in [0.1, 0.15) is 0 Å². The SMILES string of the molecule is CCOC(=O)c1cn(C[C@@H](C)C(=O)O)nc1[N+](=O)[O-]. The number of carboxylic acids is 1. The van der Waals surface area contributed by atoms with Crippen LogP contribution in [0.2, 0.25) is 0 Å². The Morgan fingerprint density at radius 2 is 2.26 bits per heavy atom. The highest BCUT2D eigenvalue weighted by atomic mass is 16.6. The maximum atomic E-state index is 11.5. The molecule has 1 rings (SSSR count). The van der Waals surface area contributed by atoms with E-state index in [1.54, 1.807) is 6.92 Å². The van der Waals surface area contributed by atoms with E-state index in [4.69, 9.17) is 5.11 Å². The second-order valence-corrected chi connectivity index (χ2v) is 3.81. The summed E-state index contributed by atoms with van der Waals surface area (Å²) in [5.41, 5.74) is -0.288. The van der Waals surface area contributed by atoms with Crippen molar-refractivity contribution in [1.82, 2.24) is 9.78 Å². The monoisotopic (exact) mass is 271 g/mol. The van der Waals surface area contributed by atoms with Gasteiger partial charge in [-0.15, -0.1) is 0 Å². The molecule has 1 heterocycles. The minimum Gasteiger partial charge on any atom is -0.481 e. The smallest absolute Gasteiger partial charge is 0.404 e. The number of carboxylic acid groups (broad SMARTS) is 1. The molecule has 0 aliphatic rings. The van der Waals surface area contributed by atoms with Crippen molar-refractivity contribution in [2.75, 3.05) is 6.61 Å². The van der Waals surface area contributed by atoms with Crippen LogP contribution < -0.4 is 0 Å². The molecule has 9 nitrogen and oxygen atoms in total. The van der Waals surface area contributed by atoms with E-state index in [1.165, 1.54) is 6.92 Å².